The second kappa shape index (κ2) is 37.3. The van der Waals surface area contributed by atoms with Gasteiger partial charge in [-0.3, -0.25) is 28.8 Å². The van der Waals surface area contributed by atoms with Gasteiger partial charge >= 0.3 is 11.9 Å². The van der Waals surface area contributed by atoms with E-state index in [2.05, 4.69) is 47.8 Å². The average molecular weight is 1320 g/mol. The number of esters is 2. The van der Waals surface area contributed by atoms with Crippen LogP contribution in [-0.4, -0.2) is 69.1 Å². The number of ketones is 4. The van der Waals surface area contributed by atoms with Gasteiger partial charge in [-0.2, -0.15) is 0 Å². The van der Waals surface area contributed by atoms with Crippen molar-refractivity contribution in [1.29, 1.82) is 0 Å². The van der Waals surface area contributed by atoms with Gasteiger partial charge in [0.05, 0.1) is 65.1 Å². The van der Waals surface area contributed by atoms with Crippen LogP contribution in [0.4, 0.5) is 0 Å². The first kappa shape index (κ1) is 76.8. The van der Waals surface area contributed by atoms with Gasteiger partial charge in [0, 0.05) is 25.7 Å². The van der Waals surface area contributed by atoms with E-state index in [4.69, 9.17) is 42.6 Å². The SMILES string of the molecule is C=C(C)Oc1ccc(CCC(=O)CC(=O)CCc2ccc(OC(=O)CC(C(=O)Oc3ccc(CCC(=O)CC(=O)CCc4ccc(OC(=C)C)c(OC)c4)cc3OC)c3c(C)c(C)c4c(c3C)CCC(C)(CCCC(C)CCCC(C)CCCC(C)C)O4)c(OC)c2)cc1OC. The minimum absolute atomic E-state index is 0.105. The number of hydrogen-bond acceptors (Lipinski definition) is 15. The van der Waals surface area contributed by atoms with Gasteiger partial charge in [-0.05, 0) is 209 Å². The minimum Gasteiger partial charge on any atom is -0.493 e. The van der Waals surface area contributed by atoms with Crippen LogP contribution in [0.15, 0.2) is 97.5 Å². The highest BCUT2D eigenvalue weighted by Gasteiger charge is 2.38. The van der Waals surface area contributed by atoms with E-state index in [0.717, 1.165) is 87.8 Å². The van der Waals surface area contributed by atoms with E-state index in [1.807, 2.05) is 45.0 Å². The van der Waals surface area contributed by atoms with Crippen LogP contribution in [0.2, 0.25) is 0 Å². The summed E-state index contributed by atoms with van der Waals surface area (Å²) < 4.78 is 53.1. The fraction of sp³-hybridized carbons (Fsp3) is 0.506. The second-order valence-electron chi connectivity index (χ2n) is 27.2. The van der Waals surface area contributed by atoms with Gasteiger partial charge in [-0.1, -0.05) is 110 Å². The number of ether oxygens (including phenoxy) is 9. The molecule has 0 spiro atoms. The molecule has 0 aromatic heterocycles. The van der Waals surface area contributed by atoms with Crippen LogP contribution < -0.4 is 42.6 Å². The minimum atomic E-state index is -1.15. The number of carbonyl (C=O) groups is 6. The quantitative estimate of drug-likeness (QED) is 0.0155. The van der Waals surface area contributed by atoms with E-state index in [9.17, 15) is 24.0 Å². The van der Waals surface area contributed by atoms with Crippen LogP contribution >= 0.6 is 0 Å². The van der Waals surface area contributed by atoms with Crippen LogP contribution in [0.25, 0.3) is 0 Å². The molecule has 4 atom stereocenters. The Kier molecular flexibility index (Phi) is 29.9. The molecule has 15 heteroatoms. The zero-order valence-electron chi connectivity index (χ0n) is 59.8. The van der Waals surface area contributed by atoms with Crippen molar-refractivity contribution in [3.05, 3.63) is 148 Å². The average Bonchev–Trinajstić information content (AvgIpc) is 0.749. The third-order valence-electron chi connectivity index (χ3n) is 18.4. The lowest BCUT2D eigenvalue weighted by Crippen LogP contribution is -2.37. The van der Waals surface area contributed by atoms with Gasteiger partial charge in [0.15, 0.2) is 46.0 Å². The maximum absolute atomic E-state index is 15.1. The number of methoxy groups -OCH3 is 4. The highest BCUT2D eigenvalue weighted by Crippen LogP contribution is 2.46. The fourth-order valence-corrected chi connectivity index (χ4v) is 12.8. The van der Waals surface area contributed by atoms with Gasteiger partial charge in [-0.25, -0.2) is 0 Å². The molecular weight excluding hydrogens is 1210 g/mol. The Hall–Kier alpha value is -8.20. The van der Waals surface area contributed by atoms with Crippen molar-refractivity contribution in [2.75, 3.05) is 28.4 Å². The second-order valence-corrected chi connectivity index (χ2v) is 27.2. The molecule has 1 aliphatic rings. The summed E-state index contributed by atoms with van der Waals surface area (Å²) in [6, 6.07) is 21.0. The molecule has 5 aromatic carbocycles. The molecule has 0 radical (unpaired) electrons. The zero-order chi connectivity index (χ0) is 70.2. The Morgan fingerprint density at radius 2 is 0.865 bits per heavy atom. The van der Waals surface area contributed by atoms with Crippen molar-refractivity contribution in [2.24, 2.45) is 17.8 Å². The van der Waals surface area contributed by atoms with E-state index in [-0.39, 0.29) is 90.3 Å². The van der Waals surface area contributed by atoms with E-state index >= 15 is 4.79 Å². The molecule has 0 saturated heterocycles. The Bertz CT molecular complexity index is 3540. The molecule has 4 unspecified atom stereocenters. The van der Waals surface area contributed by atoms with Crippen molar-refractivity contribution < 1.29 is 71.4 Å². The summed E-state index contributed by atoms with van der Waals surface area (Å²) in [5.41, 5.74) is 6.97. The molecule has 0 N–H and O–H groups in total. The number of aryl methyl sites for hydroxylation is 4. The molecule has 0 aliphatic carbocycles. The number of rotatable bonds is 42. The molecule has 6 rings (SSSR count). The Morgan fingerprint density at radius 3 is 1.25 bits per heavy atom. The summed E-state index contributed by atoms with van der Waals surface area (Å²) in [5.74, 6) is 3.50. The standard InChI is InChI=1S/C81H106O15/c1-51(2)20-17-21-54(7)22-18-23-55(8)24-19-42-81(12)43-41-67-58(11)78(56(9)57(10)79(67)96-81)68(80(87)95-72-40-32-62(47-76(72)91-16)28-36-66(85)49-64(83)34-26-60-30-38-70(93-53(5)6)74(45-60)89-14)50-77(86)94-71-39-31-61(46-75(71)90-15)27-35-65(84)48-63(82)33-25-59-29-37-69(92-52(3)4)73(44-59)88-13/h29-32,37-40,44-47,51,54-55,68H,3,5,17-28,33-36,41-43,48-50H2,1-2,4,6-16H3. The topological polar surface area (TPSA) is 185 Å². The molecule has 0 bridgehead atoms. The largest absolute Gasteiger partial charge is 0.493 e. The Morgan fingerprint density at radius 1 is 0.490 bits per heavy atom. The van der Waals surface area contributed by atoms with Gasteiger partial charge < -0.3 is 42.6 Å². The lowest BCUT2D eigenvalue weighted by Gasteiger charge is -2.39. The Labute approximate surface area is 571 Å². The smallest absolute Gasteiger partial charge is 0.319 e. The van der Waals surface area contributed by atoms with Crippen molar-refractivity contribution >= 4 is 35.1 Å². The predicted octanol–water partition coefficient (Wildman–Crippen LogP) is 17.9. The predicted molar refractivity (Wildman–Crippen MR) is 377 cm³/mol. The molecule has 0 fully saturated rings. The van der Waals surface area contributed by atoms with E-state index < -0.39 is 24.3 Å². The van der Waals surface area contributed by atoms with E-state index in [1.165, 1.54) is 52.7 Å². The number of benzene rings is 5. The summed E-state index contributed by atoms with van der Waals surface area (Å²) in [6.07, 6.45) is 13.6. The maximum Gasteiger partial charge on any atom is 0.319 e. The van der Waals surface area contributed by atoms with Crippen molar-refractivity contribution in [1.82, 2.24) is 0 Å². The monoisotopic (exact) mass is 1320 g/mol. The highest BCUT2D eigenvalue weighted by atomic mass is 16.6. The third kappa shape index (κ3) is 23.6. The first-order valence-corrected chi connectivity index (χ1v) is 34.4. The van der Waals surface area contributed by atoms with E-state index in [0.29, 0.717) is 78.1 Å². The summed E-state index contributed by atoms with van der Waals surface area (Å²) in [5, 5.41) is 0. The van der Waals surface area contributed by atoms with Crippen LogP contribution in [-0.2, 0) is 60.9 Å². The first-order chi connectivity index (χ1) is 45.7. The number of fused-ring (bicyclic) bond motifs is 1. The maximum atomic E-state index is 15.1. The highest BCUT2D eigenvalue weighted by molar-refractivity contribution is 6.00. The molecule has 0 saturated carbocycles. The zero-order valence-corrected chi connectivity index (χ0v) is 59.8. The molecule has 0 amide bonds. The summed E-state index contributed by atoms with van der Waals surface area (Å²) in [4.78, 5) is 81.8. The lowest BCUT2D eigenvalue weighted by molar-refractivity contribution is -0.142. The lowest BCUT2D eigenvalue weighted by atomic mass is 9.79. The summed E-state index contributed by atoms with van der Waals surface area (Å²) in [6.45, 7) is 28.6. The first-order valence-electron chi connectivity index (χ1n) is 34.4. The van der Waals surface area contributed by atoms with Crippen LogP contribution in [0.1, 0.15) is 214 Å². The summed E-state index contributed by atoms with van der Waals surface area (Å²) in [7, 11) is 5.99. The van der Waals surface area contributed by atoms with Crippen LogP contribution in [0, 0.1) is 38.5 Å². The third-order valence-corrected chi connectivity index (χ3v) is 18.4. The number of allylic oxidation sites excluding steroid dienone is 2. The molecule has 15 nitrogen and oxygen atoms in total. The van der Waals surface area contributed by atoms with Crippen molar-refractivity contribution in [2.45, 2.75) is 222 Å². The number of Topliss-reactive ketones (excluding diaryl/α,β-unsaturated/α-hetero) is 4. The van der Waals surface area contributed by atoms with Crippen molar-refractivity contribution in [3.63, 3.8) is 0 Å². The van der Waals surface area contributed by atoms with Gasteiger partial charge in [0.1, 0.15) is 34.5 Å². The van der Waals surface area contributed by atoms with Crippen LogP contribution in [0.5, 0.6) is 51.7 Å². The van der Waals surface area contributed by atoms with Gasteiger partial charge in [-0.15, -0.1) is 0 Å². The molecule has 520 valence electrons. The van der Waals surface area contributed by atoms with Gasteiger partial charge in [0.2, 0.25) is 0 Å². The number of carbonyl (C=O) groups excluding carboxylic acids is 6. The molecule has 1 heterocycles. The Balaban J connectivity index is 1.14. The van der Waals surface area contributed by atoms with Crippen LogP contribution in [0.3, 0.4) is 0 Å². The van der Waals surface area contributed by atoms with Crippen molar-refractivity contribution in [3.8, 4) is 51.7 Å². The molecule has 96 heavy (non-hydrogen) atoms. The molecule has 1 aliphatic heterocycles. The van der Waals surface area contributed by atoms with E-state index in [1.54, 1.807) is 76.6 Å². The fourth-order valence-electron chi connectivity index (χ4n) is 12.8. The molecular formula is C81H106O15. The van der Waals surface area contributed by atoms with Gasteiger partial charge in [0.25, 0.3) is 0 Å². The summed E-state index contributed by atoms with van der Waals surface area (Å²) >= 11 is 0. The molecule has 5 aromatic rings. The number of hydrogen-bond donors (Lipinski definition) is 0. The normalized spacial score (nSPS) is 14.3.